The highest BCUT2D eigenvalue weighted by Gasteiger charge is 2.30. The zero-order valence-electron chi connectivity index (χ0n) is 16.1. The van der Waals surface area contributed by atoms with Crippen molar-refractivity contribution in [3.63, 3.8) is 0 Å². The van der Waals surface area contributed by atoms with Crippen LogP contribution in [-0.2, 0) is 14.3 Å². The molecule has 2 atom stereocenters. The second kappa shape index (κ2) is 9.34. The van der Waals surface area contributed by atoms with Crippen LogP contribution < -0.4 is 4.90 Å². The number of carbonyl (C=O) groups excluding carboxylic acids is 2. The van der Waals surface area contributed by atoms with Crippen molar-refractivity contribution in [2.75, 3.05) is 24.6 Å². The van der Waals surface area contributed by atoms with Crippen LogP contribution in [-0.4, -0.2) is 59.7 Å². The minimum atomic E-state index is -1.40. The molecule has 3 rings (SSSR count). The first-order chi connectivity index (χ1) is 14.3. The molecule has 0 aromatic heterocycles. The summed E-state index contributed by atoms with van der Waals surface area (Å²) in [7, 11) is 0. The summed E-state index contributed by atoms with van der Waals surface area (Å²) >= 11 is 6.14. The Kier molecular flexibility index (Phi) is 6.81. The van der Waals surface area contributed by atoms with Crippen molar-refractivity contribution < 1.29 is 28.9 Å². The molecule has 30 heavy (non-hydrogen) atoms. The number of hydrogen-bond donors (Lipinski definition) is 2. The van der Waals surface area contributed by atoms with E-state index in [-0.39, 0.29) is 24.4 Å². The largest absolute Gasteiger partial charge is 0.463 e. The number of hydrogen-bond acceptors (Lipinski definition) is 6. The Morgan fingerprint density at radius 2 is 1.97 bits per heavy atom. The van der Waals surface area contributed by atoms with Gasteiger partial charge in [-0.2, -0.15) is 0 Å². The van der Waals surface area contributed by atoms with Gasteiger partial charge >= 0.3 is 5.97 Å². The number of aliphatic imine (C=N–C) groups is 1. The fourth-order valence-electron chi connectivity index (χ4n) is 3.09. The van der Waals surface area contributed by atoms with Crippen molar-refractivity contribution in [1.29, 1.82) is 0 Å². The predicted octanol–water partition coefficient (Wildman–Crippen LogP) is 1.95. The van der Waals surface area contributed by atoms with Crippen LogP contribution in [0.25, 0.3) is 0 Å². The van der Waals surface area contributed by atoms with Crippen LogP contribution in [0, 0.1) is 5.82 Å². The van der Waals surface area contributed by atoms with Crippen LogP contribution in [0.2, 0.25) is 5.02 Å². The van der Waals surface area contributed by atoms with Gasteiger partial charge in [-0.15, -0.1) is 0 Å². The summed E-state index contributed by atoms with van der Waals surface area (Å²) < 4.78 is 19.1. The number of esters is 1. The summed E-state index contributed by atoms with van der Waals surface area (Å²) in [5.74, 6) is -1.56. The number of aliphatic hydroxyl groups is 2. The number of anilines is 1. The molecule has 158 valence electrons. The Hall–Kier alpha value is -2.81. The minimum absolute atomic E-state index is 0.214. The molecule has 9 heteroatoms. The van der Waals surface area contributed by atoms with E-state index in [1.807, 2.05) is 0 Å². The average Bonchev–Trinajstić information content (AvgIpc) is 2.83. The lowest BCUT2D eigenvalue weighted by Crippen LogP contribution is -2.44. The molecule has 1 amide bonds. The highest BCUT2D eigenvalue weighted by Crippen LogP contribution is 2.30. The number of β-amino-alcohol motifs (C(OH)–C–C–N with tert-alkyl or cyclic N) is 1. The van der Waals surface area contributed by atoms with Gasteiger partial charge in [0.1, 0.15) is 31.2 Å². The molecule has 1 heterocycles. The van der Waals surface area contributed by atoms with E-state index in [9.17, 15) is 24.2 Å². The third-order valence-electron chi connectivity index (χ3n) is 4.58. The van der Waals surface area contributed by atoms with Crippen molar-refractivity contribution in [1.82, 2.24) is 0 Å². The fraction of sp³-hybridized carbons (Fsp3) is 0.286. The molecule has 0 radical (unpaired) electrons. The molecule has 0 saturated carbocycles. The van der Waals surface area contributed by atoms with E-state index in [1.54, 1.807) is 36.4 Å². The van der Waals surface area contributed by atoms with Crippen LogP contribution in [0.4, 0.5) is 10.1 Å². The number of benzodiazepines with no additional fused rings is 1. The number of ether oxygens (including phenoxy) is 1. The number of fused-ring (bicyclic) bond motifs is 1. The van der Waals surface area contributed by atoms with Crippen LogP contribution in [0.1, 0.15) is 18.1 Å². The van der Waals surface area contributed by atoms with Gasteiger partial charge in [-0.25, -0.2) is 4.39 Å². The molecule has 1 aliphatic heterocycles. The third kappa shape index (κ3) is 4.84. The lowest BCUT2D eigenvalue weighted by molar-refractivity contribution is -0.146. The van der Waals surface area contributed by atoms with Gasteiger partial charge < -0.3 is 19.8 Å². The number of halogens is 2. The average molecular weight is 435 g/mol. The molecule has 0 fully saturated rings. The number of amides is 1. The second-order valence-corrected chi connectivity index (χ2v) is 7.18. The molecule has 0 spiro atoms. The lowest BCUT2D eigenvalue weighted by Gasteiger charge is -2.27. The summed E-state index contributed by atoms with van der Waals surface area (Å²) in [6.45, 7) is 0.195. The van der Waals surface area contributed by atoms with E-state index in [4.69, 9.17) is 16.3 Å². The van der Waals surface area contributed by atoms with Gasteiger partial charge in [-0.3, -0.25) is 14.6 Å². The van der Waals surface area contributed by atoms with Gasteiger partial charge in [0, 0.05) is 23.1 Å². The SMILES string of the molecule is CC(=O)OCC(O)C(O)CN1C(=O)CN=C(c2ccccc2F)c2cc(Cl)ccc21. The number of nitrogens with zero attached hydrogens (tertiary/aromatic N) is 2. The van der Waals surface area contributed by atoms with Gasteiger partial charge in [0.2, 0.25) is 5.91 Å². The molecule has 0 saturated heterocycles. The Morgan fingerprint density at radius 3 is 2.67 bits per heavy atom. The maximum atomic E-state index is 14.4. The smallest absolute Gasteiger partial charge is 0.302 e. The topological polar surface area (TPSA) is 99.4 Å². The Bertz CT molecular complexity index is 997. The van der Waals surface area contributed by atoms with Gasteiger partial charge in [-0.05, 0) is 30.3 Å². The first-order valence-corrected chi connectivity index (χ1v) is 9.55. The van der Waals surface area contributed by atoms with E-state index >= 15 is 0 Å². The quantitative estimate of drug-likeness (QED) is 0.677. The zero-order valence-corrected chi connectivity index (χ0v) is 16.8. The molecule has 0 bridgehead atoms. The van der Waals surface area contributed by atoms with Crippen molar-refractivity contribution >= 4 is 34.9 Å². The highest BCUT2D eigenvalue weighted by atomic mass is 35.5. The normalized spacial score (nSPS) is 15.7. The van der Waals surface area contributed by atoms with E-state index in [0.717, 1.165) is 0 Å². The molecule has 7 nitrogen and oxygen atoms in total. The number of aliphatic hydroxyl groups excluding tert-OH is 2. The summed E-state index contributed by atoms with van der Waals surface area (Å²) in [5, 5.41) is 20.8. The molecule has 1 aliphatic rings. The summed E-state index contributed by atoms with van der Waals surface area (Å²) in [6.07, 6.45) is -2.79. The van der Waals surface area contributed by atoms with E-state index < -0.39 is 36.5 Å². The molecule has 2 aromatic carbocycles. The standard InChI is InChI=1S/C21H20ClFN2O5/c1-12(26)30-11-19(28)18(27)10-25-17-7-6-13(22)8-15(17)21(24-9-20(25)29)14-4-2-3-5-16(14)23/h2-8,18-19,27-28H,9-11H2,1H3. The van der Waals surface area contributed by atoms with E-state index in [1.165, 1.54) is 17.9 Å². The zero-order chi connectivity index (χ0) is 21.8. The minimum Gasteiger partial charge on any atom is -0.463 e. The van der Waals surface area contributed by atoms with Gasteiger partial charge in [0.05, 0.1) is 17.9 Å². The van der Waals surface area contributed by atoms with Crippen LogP contribution >= 0.6 is 11.6 Å². The molecular formula is C21H20ClFN2O5. The van der Waals surface area contributed by atoms with Gasteiger partial charge in [0.15, 0.2) is 0 Å². The molecule has 2 N–H and O–H groups in total. The maximum absolute atomic E-state index is 14.4. The van der Waals surface area contributed by atoms with Gasteiger partial charge in [0.25, 0.3) is 0 Å². The monoisotopic (exact) mass is 434 g/mol. The Balaban J connectivity index is 1.97. The lowest BCUT2D eigenvalue weighted by atomic mass is 9.99. The third-order valence-corrected chi connectivity index (χ3v) is 4.81. The summed E-state index contributed by atoms with van der Waals surface area (Å²) in [4.78, 5) is 29.2. The van der Waals surface area contributed by atoms with Crippen molar-refractivity contribution in [3.05, 3.63) is 64.4 Å². The second-order valence-electron chi connectivity index (χ2n) is 6.75. The summed E-state index contributed by atoms with van der Waals surface area (Å²) in [6, 6.07) is 10.8. The Labute approximate surface area is 177 Å². The highest BCUT2D eigenvalue weighted by molar-refractivity contribution is 6.32. The number of benzene rings is 2. The first-order valence-electron chi connectivity index (χ1n) is 9.17. The summed E-state index contributed by atoms with van der Waals surface area (Å²) in [5.41, 5.74) is 1.25. The van der Waals surface area contributed by atoms with E-state index in [0.29, 0.717) is 16.3 Å². The van der Waals surface area contributed by atoms with Crippen molar-refractivity contribution in [2.45, 2.75) is 19.1 Å². The molecule has 0 aliphatic carbocycles. The molecular weight excluding hydrogens is 415 g/mol. The fourth-order valence-corrected chi connectivity index (χ4v) is 3.26. The number of rotatable bonds is 6. The Morgan fingerprint density at radius 1 is 1.23 bits per heavy atom. The van der Waals surface area contributed by atoms with Crippen molar-refractivity contribution in [2.24, 2.45) is 4.99 Å². The predicted molar refractivity (Wildman–Crippen MR) is 109 cm³/mol. The first kappa shape index (κ1) is 21.9. The molecule has 2 unspecified atom stereocenters. The maximum Gasteiger partial charge on any atom is 0.302 e. The van der Waals surface area contributed by atoms with Gasteiger partial charge in [-0.1, -0.05) is 23.7 Å². The van der Waals surface area contributed by atoms with Crippen LogP contribution in [0.3, 0.4) is 0 Å². The van der Waals surface area contributed by atoms with Crippen molar-refractivity contribution in [3.8, 4) is 0 Å². The van der Waals surface area contributed by atoms with Crippen LogP contribution in [0.5, 0.6) is 0 Å². The molecule has 2 aromatic rings. The van der Waals surface area contributed by atoms with E-state index in [2.05, 4.69) is 4.99 Å². The van der Waals surface area contributed by atoms with Crippen LogP contribution in [0.15, 0.2) is 47.5 Å². The number of carbonyl (C=O) groups is 2.